The first kappa shape index (κ1) is 16.6. The number of carbonyl (C=O) groups excluding carboxylic acids is 2. The van der Waals surface area contributed by atoms with Crippen LogP contribution in [-0.4, -0.2) is 31.8 Å². The molecule has 2 rings (SSSR count). The highest BCUT2D eigenvalue weighted by atomic mass is 35.5. The fourth-order valence-corrected chi connectivity index (χ4v) is 2.02. The Morgan fingerprint density at radius 3 is 3.04 bits per heavy atom. The van der Waals surface area contributed by atoms with E-state index in [2.05, 4.69) is 5.32 Å². The first-order valence-corrected chi connectivity index (χ1v) is 7.05. The Balaban J connectivity index is 1.83. The molecule has 0 atom stereocenters. The number of nitrogens with one attached hydrogen (secondary N) is 1. The largest absolute Gasteiger partial charge is 0.454 e. The molecule has 1 heterocycles. The second kappa shape index (κ2) is 8.06. The van der Waals surface area contributed by atoms with E-state index < -0.39 is 18.5 Å². The number of fused-ring (bicyclic) bond motifs is 1. The lowest BCUT2D eigenvalue weighted by Crippen LogP contribution is -2.29. The molecule has 1 amide bonds. The Morgan fingerprint density at radius 1 is 1.43 bits per heavy atom. The van der Waals surface area contributed by atoms with Gasteiger partial charge in [-0.15, -0.1) is 0 Å². The zero-order valence-electron chi connectivity index (χ0n) is 12.0. The van der Waals surface area contributed by atoms with Crippen LogP contribution in [-0.2, 0) is 14.3 Å². The van der Waals surface area contributed by atoms with Gasteiger partial charge >= 0.3 is 5.97 Å². The van der Waals surface area contributed by atoms with Crippen molar-refractivity contribution in [1.82, 2.24) is 5.32 Å². The number of nitriles is 1. The van der Waals surface area contributed by atoms with E-state index in [1.54, 1.807) is 12.1 Å². The molecule has 7 nitrogen and oxygen atoms in total. The zero-order chi connectivity index (χ0) is 16.7. The molecule has 0 aliphatic carbocycles. The lowest BCUT2D eigenvalue weighted by Gasteiger charge is -2.03. The number of amides is 1. The molecule has 0 aromatic heterocycles. The van der Waals surface area contributed by atoms with Crippen LogP contribution in [0.5, 0.6) is 11.5 Å². The summed E-state index contributed by atoms with van der Waals surface area (Å²) in [5.74, 6) is -0.162. The van der Waals surface area contributed by atoms with Gasteiger partial charge in [-0.1, -0.05) is 11.6 Å². The Labute approximate surface area is 137 Å². The van der Waals surface area contributed by atoms with Crippen LogP contribution in [0.15, 0.2) is 18.2 Å². The second-order valence-corrected chi connectivity index (χ2v) is 4.84. The van der Waals surface area contributed by atoms with Crippen molar-refractivity contribution < 1.29 is 23.8 Å². The van der Waals surface area contributed by atoms with Crippen molar-refractivity contribution in [3.63, 3.8) is 0 Å². The van der Waals surface area contributed by atoms with Crippen LogP contribution < -0.4 is 14.8 Å². The molecule has 0 bridgehead atoms. The third-order valence-corrected chi connectivity index (χ3v) is 3.05. The summed E-state index contributed by atoms with van der Waals surface area (Å²) < 4.78 is 15.2. The minimum absolute atomic E-state index is 0.102. The molecular formula is C15H13ClN2O5. The maximum atomic E-state index is 11.5. The van der Waals surface area contributed by atoms with Crippen LogP contribution in [0, 0.1) is 11.3 Å². The molecule has 1 N–H and O–H groups in total. The number of carbonyl (C=O) groups is 2. The Bertz CT molecular complexity index is 681. The number of benzene rings is 1. The van der Waals surface area contributed by atoms with E-state index >= 15 is 0 Å². The van der Waals surface area contributed by atoms with Gasteiger partial charge in [-0.2, -0.15) is 5.26 Å². The predicted molar refractivity (Wildman–Crippen MR) is 80.8 cm³/mol. The highest BCUT2D eigenvalue weighted by Gasteiger charge is 2.17. The molecule has 0 radical (unpaired) electrons. The van der Waals surface area contributed by atoms with E-state index in [-0.39, 0.29) is 19.8 Å². The molecule has 0 saturated carbocycles. The smallest absolute Gasteiger partial charge is 0.331 e. The van der Waals surface area contributed by atoms with Gasteiger partial charge in [0, 0.05) is 12.6 Å². The van der Waals surface area contributed by atoms with Gasteiger partial charge in [0.1, 0.15) is 0 Å². The molecular weight excluding hydrogens is 324 g/mol. The maximum absolute atomic E-state index is 11.5. The summed E-state index contributed by atoms with van der Waals surface area (Å²) >= 11 is 6.02. The number of rotatable bonds is 6. The topological polar surface area (TPSA) is 97.7 Å². The molecule has 1 aromatic carbocycles. The predicted octanol–water partition coefficient (Wildman–Crippen LogP) is 1.65. The molecule has 120 valence electrons. The average molecular weight is 337 g/mol. The fraction of sp³-hybridized carbons (Fsp3) is 0.267. The molecule has 1 aromatic rings. The number of esters is 1. The second-order valence-electron chi connectivity index (χ2n) is 4.44. The summed E-state index contributed by atoms with van der Waals surface area (Å²) in [6.07, 6.45) is 2.87. The minimum Gasteiger partial charge on any atom is -0.454 e. The van der Waals surface area contributed by atoms with Crippen molar-refractivity contribution in [1.29, 1.82) is 5.26 Å². The van der Waals surface area contributed by atoms with E-state index in [4.69, 9.17) is 31.1 Å². The lowest BCUT2D eigenvalue weighted by molar-refractivity contribution is -0.143. The molecule has 1 aliphatic heterocycles. The lowest BCUT2D eigenvalue weighted by atomic mass is 10.2. The van der Waals surface area contributed by atoms with Crippen molar-refractivity contribution in [2.75, 3.05) is 19.9 Å². The standard InChI is InChI=1S/C15H13ClN2O5/c16-11-6-10(7-12-15(11)23-9-22-12)2-3-14(20)21-8-13(19)18-5-1-4-17/h2-3,6-7H,1,5,8-9H2,(H,18,19)/b3-2+. The first-order chi connectivity index (χ1) is 11.1. The van der Waals surface area contributed by atoms with Crippen molar-refractivity contribution in [2.24, 2.45) is 0 Å². The summed E-state index contributed by atoms with van der Waals surface area (Å²) in [5, 5.41) is 11.1. The van der Waals surface area contributed by atoms with Crippen LogP contribution >= 0.6 is 11.6 Å². The summed E-state index contributed by atoms with van der Waals surface area (Å²) in [7, 11) is 0. The van der Waals surface area contributed by atoms with Crippen LogP contribution in [0.3, 0.4) is 0 Å². The summed E-state index contributed by atoms with van der Waals surface area (Å²) in [4.78, 5) is 22.8. The molecule has 23 heavy (non-hydrogen) atoms. The molecule has 1 aliphatic rings. The van der Waals surface area contributed by atoms with Crippen molar-refractivity contribution in [3.05, 3.63) is 28.8 Å². The van der Waals surface area contributed by atoms with Gasteiger partial charge in [-0.05, 0) is 23.8 Å². The average Bonchev–Trinajstić information content (AvgIpc) is 3.00. The minimum atomic E-state index is -0.672. The van der Waals surface area contributed by atoms with Gasteiger partial charge in [0.15, 0.2) is 18.1 Å². The van der Waals surface area contributed by atoms with Gasteiger partial charge in [0.2, 0.25) is 6.79 Å². The number of nitrogens with zero attached hydrogens (tertiary/aromatic N) is 1. The van der Waals surface area contributed by atoms with Gasteiger partial charge in [0.25, 0.3) is 5.91 Å². The summed E-state index contributed by atoms with van der Waals surface area (Å²) in [6.45, 7) is -0.0832. The van der Waals surface area contributed by atoms with E-state index in [9.17, 15) is 9.59 Å². The fourth-order valence-electron chi connectivity index (χ4n) is 1.74. The number of hydrogen-bond acceptors (Lipinski definition) is 6. The van der Waals surface area contributed by atoms with Gasteiger partial charge in [0.05, 0.1) is 17.5 Å². The highest BCUT2D eigenvalue weighted by molar-refractivity contribution is 6.32. The first-order valence-electron chi connectivity index (χ1n) is 6.68. The quantitative estimate of drug-likeness (QED) is 0.482. The van der Waals surface area contributed by atoms with Crippen LogP contribution in [0.1, 0.15) is 12.0 Å². The number of ether oxygens (including phenoxy) is 3. The van der Waals surface area contributed by atoms with Crippen molar-refractivity contribution in [3.8, 4) is 17.6 Å². The van der Waals surface area contributed by atoms with Crippen molar-refractivity contribution in [2.45, 2.75) is 6.42 Å². The van der Waals surface area contributed by atoms with E-state index in [0.717, 1.165) is 0 Å². The van der Waals surface area contributed by atoms with Crippen LogP contribution in [0.25, 0.3) is 6.08 Å². The van der Waals surface area contributed by atoms with Gasteiger partial charge < -0.3 is 19.5 Å². The third-order valence-electron chi connectivity index (χ3n) is 2.77. The molecule has 8 heteroatoms. The Hall–Kier alpha value is -2.72. The zero-order valence-corrected chi connectivity index (χ0v) is 12.8. The number of halogens is 1. The monoisotopic (exact) mass is 336 g/mol. The molecule has 0 fully saturated rings. The number of hydrogen-bond donors (Lipinski definition) is 1. The van der Waals surface area contributed by atoms with Crippen molar-refractivity contribution >= 4 is 29.6 Å². The van der Waals surface area contributed by atoms with Gasteiger partial charge in [-0.25, -0.2) is 4.79 Å². The SMILES string of the molecule is N#CCCNC(=O)COC(=O)/C=C/c1cc(Cl)c2c(c1)OCO2. The molecule has 0 unspecified atom stereocenters. The van der Waals surface area contributed by atoms with E-state index in [1.807, 2.05) is 6.07 Å². The summed E-state index contributed by atoms with van der Waals surface area (Å²) in [5.41, 5.74) is 0.634. The van der Waals surface area contributed by atoms with Crippen LogP contribution in [0.2, 0.25) is 5.02 Å². The van der Waals surface area contributed by atoms with Crippen LogP contribution in [0.4, 0.5) is 0 Å². The van der Waals surface area contributed by atoms with E-state index in [1.165, 1.54) is 12.2 Å². The molecule has 0 spiro atoms. The maximum Gasteiger partial charge on any atom is 0.331 e. The van der Waals surface area contributed by atoms with E-state index in [0.29, 0.717) is 22.1 Å². The summed E-state index contributed by atoms with van der Waals surface area (Å²) in [6, 6.07) is 5.18. The van der Waals surface area contributed by atoms with Gasteiger partial charge in [-0.3, -0.25) is 4.79 Å². The normalized spacial score (nSPS) is 12.0. The molecule has 0 saturated heterocycles. The highest BCUT2D eigenvalue weighted by Crippen LogP contribution is 2.39. The Kier molecular flexibility index (Phi) is 5.83. The Morgan fingerprint density at radius 2 is 2.26 bits per heavy atom. The third kappa shape index (κ3) is 4.90.